The van der Waals surface area contributed by atoms with Crippen molar-refractivity contribution in [3.05, 3.63) is 16.1 Å². The van der Waals surface area contributed by atoms with Crippen LogP contribution < -0.4 is 10.6 Å². The van der Waals surface area contributed by atoms with Gasteiger partial charge in [0, 0.05) is 30.9 Å². The highest BCUT2D eigenvalue weighted by Crippen LogP contribution is 2.16. The molecule has 1 aromatic rings. The van der Waals surface area contributed by atoms with E-state index in [1.807, 2.05) is 6.92 Å². The number of carbonyl (C=O) groups excluding carboxylic acids is 1. The van der Waals surface area contributed by atoms with E-state index in [9.17, 15) is 4.79 Å². The Balaban J connectivity index is 1.48. The highest BCUT2D eigenvalue weighted by molar-refractivity contribution is 7.09. The van der Waals surface area contributed by atoms with Crippen molar-refractivity contribution in [2.45, 2.75) is 70.8 Å². The maximum Gasteiger partial charge on any atom is 0.220 e. The first-order chi connectivity index (χ1) is 10.7. The van der Waals surface area contributed by atoms with Crippen molar-refractivity contribution in [3.8, 4) is 0 Å². The Kier molecular flexibility index (Phi) is 7.88. The van der Waals surface area contributed by atoms with Gasteiger partial charge in [-0.05, 0) is 32.6 Å². The molecule has 0 radical (unpaired) electrons. The summed E-state index contributed by atoms with van der Waals surface area (Å²) in [7, 11) is 0. The van der Waals surface area contributed by atoms with Crippen LogP contribution in [0.3, 0.4) is 0 Å². The zero-order valence-corrected chi connectivity index (χ0v) is 14.5. The topological polar surface area (TPSA) is 54.0 Å². The molecule has 1 aliphatic carbocycles. The average Bonchev–Trinajstić information content (AvgIpc) is 2.76. The minimum Gasteiger partial charge on any atom is -0.355 e. The average molecular weight is 324 g/mol. The molecule has 0 unspecified atom stereocenters. The first kappa shape index (κ1) is 17.4. The van der Waals surface area contributed by atoms with E-state index in [1.54, 1.807) is 11.3 Å². The third-order valence-electron chi connectivity index (χ3n) is 4.24. The van der Waals surface area contributed by atoms with Crippen molar-refractivity contribution in [1.29, 1.82) is 0 Å². The summed E-state index contributed by atoms with van der Waals surface area (Å²) in [5.41, 5.74) is 1.12. The third-order valence-corrected chi connectivity index (χ3v) is 5.06. The SMILES string of the molecule is Cc1nc(CCCC(=O)NCCNC2CCCCCC2)cs1. The molecule has 1 aliphatic rings. The summed E-state index contributed by atoms with van der Waals surface area (Å²) in [5, 5.41) is 9.78. The number of carbonyl (C=O) groups is 1. The van der Waals surface area contributed by atoms with Crippen molar-refractivity contribution < 1.29 is 4.79 Å². The molecule has 1 fully saturated rings. The number of nitrogens with zero attached hydrogens (tertiary/aromatic N) is 1. The van der Waals surface area contributed by atoms with Crippen molar-refractivity contribution in [2.24, 2.45) is 0 Å². The highest BCUT2D eigenvalue weighted by atomic mass is 32.1. The van der Waals surface area contributed by atoms with E-state index in [1.165, 1.54) is 38.5 Å². The smallest absolute Gasteiger partial charge is 0.220 e. The van der Waals surface area contributed by atoms with E-state index in [0.717, 1.165) is 36.6 Å². The van der Waals surface area contributed by atoms with Crippen LogP contribution in [0.25, 0.3) is 0 Å². The van der Waals surface area contributed by atoms with Crippen LogP contribution in [0, 0.1) is 6.92 Å². The molecule has 1 aromatic heterocycles. The van der Waals surface area contributed by atoms with E-state index in [4.69, 9.17) is 0 Å². The molecule has 0 spiro atoms. The highest BCUT2D eigenvalue weighted by Gasteiger charge is 2.11. The van der Waals surface area contributed by atoms with Gasteiger partial charge in [0.25, 0.3) is 0 Å². The van der Waals surface area contributed by atoms with E-state index >= 15 is 0 Å². The lowest BCUT2D eigenvalue weighted by Crippen LogP contribution is -2.36. The van der Waals surface area contributed by atoms with Crippen molar-refractivity contribution in [2.75, 3.05) is 13.1 Å². The van der Waals surface area contributed by atoms with Crippen LogP contribution in [-0.4, -0.2) is 30.0 Å². The summed E-state index contributed by atoms with van der Waals surface area (Å²) in [6, 6.07) is 0.660. The van der Waals surface area contributed by atoms with E-state index < -0.39 is 0 Å². The van der Waals surface area contributed by atoms with Gasteiger partial charge in [-0.3, -0.25) is 4.79 Å². The molecular formula is C17H29N3OS. The number of hydrogen-bond donors (Lipinski definition) is 2. The molecule has 0 saturated heterocycles. The fraction of sp³-hybridized carbons (Fsp3) is 0.765. The summed E-state index contributed by atoms with van der Waals surface area (Å²) >= 11 is 1.68. The molecule has 0 bridgehead atoms. The zero-order chi connectivity index (χ0) is 15.6. The predicted molar refractivity (Wildman–Crippen MR) is 92.3 cm³/mol. The number of aromatic nitrogens is 1. The summed E-state index contributed by atoms with van der Waals surface area (Å²) in [6.45, 7) is 3.65. The van der Waals surface area contributed by atoms with Crippen LogP contribution in [0.2, 0.25) is 0 Å². The summed E-state index contributed by atoms with van der Waals surface area (Å²) in [6.07, 6.45) is 10.4. The maximum absolute atomic E-state index is 11.8. The van der Waals surface area contributed by atoms with Gasteiger partial charge in [-0.2, -0.15) is 0 Å². The third kappa shape index (κ3) is 6.88. The molecule has 2 N–H and O–H groups in total. The minimum absolute atomic E-state index is 0.162. The van der Waals surface area contributed by atoms with Gasteiger partial charge in [-0.25, -0.2) is 4.98 Å². The molecule has 124 valence electrons. The van der Waals surface area contributed by atoms with Gasteiger partial charge in [0.15, 0.2) is 0 Å². The number of amides is 1. The number of rotatable bonds is 8. The van der Waals surface area contributed by atoms with Gasteiger partial charge < -0.3 is 10.6 Å². The van der Waals surface area contributed by atoms with Crippen LogP contribution in [0.4, 0.5) is 0 Å². The van der Waals surface area contributed by atoms with E-state index in [0.29, 0.717) is 12.5 Å². The molecule has 0 aromatic carbocycles. The molecule has 1 saturated carbocycles. The molecule has 5 heteroatoms. The Morgan fingerprint density at radius 3 is 2.73 bits per heavy atom. The molecular weight excluding hydrogens is 294 g/mol. The Bertz CT molecular complexity index is 439. The molecule has 0 aliphatic heterocycles. The van der Waals surface area contributed by atoms with Gasteiger partial charge in [-0.1, -0.05) is 25.7 Å². The quantitative estimate of drug-likeness (QED) is 0.570. The lowest BCUT2D eigenvalue weighted by Gasteiger charge is -2.16. The van der Waals surface area contributed by atoms with Crippen molar-refractivity contribution >= 4 is 17.2 Å². The van der Waals surface area contributed by atoms with Crippen molar-refractivity contribution in [1.82, 2.24) is 15.6 Å². The second-order valence-corrected chi connectivity index (χ2v) is 7.27. The minimum atomic E-state index is 0.162. The van der Waals surface area contributed by atoms with Crippen LogP contribution >= 0.6 is 11.3 Å². The normalized spacial score (nSPS) is 16.4. The first-order valence-corrected chi connectivity index (χ1v) is 9.53. The van der Waals surface area contributed by atoms with Gasteiger partial charge in [0.2, 0.25) is 5.91 Å². The Morgan fingerprint density at radius 1 is 1.27 bits per heavy atom. The predicted octanol–water partition coefficient (Wildman–Crippen LogP) is 3.20. The fourth-order valence-corrected chi connectivity index (χ4v) is 3.65. The van der Waals surface area contributed by atoms with Crippen LogP contribution in [0.5, 0.6) is 0 Å². The van der Waals surface area contributed by atoms with Crippen LogP contribution in [-0.2, 0) is 11.2 Å². The number of hydrogen-bond acceptors (Lipinski definition) is 4. The first-order valence-electron chi connectivity index (χ1n) is 8.65. The molecule has 22 heavy (non-hydrogen) atoms. The van der Waals surface area contributed by atoms with Crippen LogP contribution in [0.1, 0.15) is 62.1 Å². The molecule has 0 atom stereocenters. The lowest BCUT2D eigenvalue weighted by molar-refractivity contribution is -0.121. The van der Waals surface area contributed by atoms with Gasteiger partial charge in [0.1, 0.15) is 0 Å². The summed E-state index contributed by atoms with van der Waals surface area (Å²) in [5.74, 6) is 0.162. The Morgan fingerprint density at radius 2 is 2.05 bits per heavy atom. The standard InChI is InChI=1S/C17H29N3OS/c1-14-20-16(13-22-14)9-6-10-17(21)19-12-11-18-15-7-4-2-3-5-8-15/h13,15,18H,2-12H2,1H3,(H,19,21). The second-order valence-electron chi connectivity index (χ2n) is 6.20. The molecule has 2 rings (SSSR count). The number of thiazole rings is 1. The van der Waals surface area contributed by atoms with E-state index in [-0.39, 0.29) is 5.91 Å². The fourth-order valence-electron chi connectivity index (χ4n) is 3.00. The summed E-state index contributed by atoms with van der Waals surface area (Å²) in [4.78, 5) is 16.2. The molecule has 1 amide bonds. The number of aryl methyl sites for hydroxylation is 2. The Hall–Kier alpha value is -0.940. The van der Waals surface area contributed by atoms with E-state index in [2.05, 4.69) is 21.0 Å². The molecule has 4 nitrogen and oxygen atoms in total. The maximum atomic E-state index is 11.8. The van der Waals surface area contributed by atoms with Crippen molar-refractivity contribution in [3.63, 3.8) is 0 Å². The second kappa shape index (κ2) is 9.95. The lowest BCUT2D eigenvalue weighted by atomic mass is 10.1. The van der Waals surface area contributed by atoms with Gasteiger partial charge in [0.05, 0.1) is 10.7 Å². The van der Waals surface area contributed by atoms with Crippen LogP contribution in [0.15, 0.2) is 5.38 Å². The Labute approximate surface area is 138 Å². The monoisotopic (exact) mass is 323 g/mol. The zero-order valence-electron chi connectivity index (χ0n) is 13.7. The largest absolute Gasteiger partial charge is 0.355 e. The van der Waals surface area contributed by atoms with Gasteiger partial charge >= 0.3 is 0 Å². The number of nitrogens with one attached hydrogen (secondary N) is 2. The molecule has 1 heterocycles. The summed E-state index contributed by atoms with van der Waals surface area (Å²) < 4.78 is 0. The van der Waals surface area contributed by atoms with Gasteiger partial charge in [-0.15, -0.1) is 11.3 Å².